The standard InChI is InChI=1S/C22H18BrCl2N3O6/c1-27-18(32)21(24)7-12-9(3-4-10-14(12)17(31)28(16(10)30)20(26)34)15(22(21,25)19(27)33)11-6-8(23)2-5-13(11)29/h2-3,5-6,10,12,14-15,29H,4,7H2,1H3,(H2,26,34). The molecule has 178 valence electrons. The largest absolute Gasteiger partial charge is 0.508 e. The molecule has 3 N–H and O–H groups in total. The van der Waals surface area contributed by atoms with Gasteiger partial charge in [0.05, 0.1) is 11.8 Å². The number of phenolic OH excluding ortho intramolecular Hbond substituents is 1. The van der Waals surface area contributed by atoms with E-state index in [9.17, 15) is 29.1 Å². The van der Waals surface area contributed by atoms with E-state index in [1.54, 1.807) is 18.2 Å². The Kier molecular flexibility index (Phi) is 5.00. The third-order valence-corrected chi connectivity index (χ3v) is 9.44. The molecule has 34 heavy (non-hydrogen) atoms. The van der Waals surface area contributed by atoms with Crippen molar-refractivity contribution >= 4 is 68.8 Å². The highest BCUT2D eigenvalue weighted by molar-refractivity contribution is 9.10. The summed E-state index contributed by atoms with van der Waals surface area (Å²) in [6.07, 6.45) is 1.58. The van der Waals surface area contributed by atoms with Crippen molar-refractivity contribution in [3.8, 4) is 5.75 Å². The third kappa shape index (κ3) is 2.64. The molecule has 9 nitrogen and oxygen atoms in total. The molecule has 2 aliphatic heterocycles. The first kappa shape index (κ1) is 23.3. The maximum Gasteiger partial charge on any atom is 0.328 e. The van der Waals surface area contributed by atoms with Gasteiger partial charge in [0.25, 0.3) is 11.8 Å². The third-order valence-electron chi connectivity index (χ3n) is 7.54. The van der Waals surface area contributed by atoms with E-state index in [-0.39, 0.29) is 24.2 Å². The maximum absolute atomic E-state index is 13.4. The second kappa shape index (κ2) is 7.29. The Balaban J connectivity index is 1.76. The number of halogens is 3. The van der Waals surface area contributed by atoms with E-state index in [0.29, 0.717) is 14.9 Å². The molecule has 12 heteroatoms. The van der Waals surface area contributed by atoms with E-state index in [2.05, 4.69) is 15.9 Å². The first-order valence-corrected chi connectivity index (χ1v) is 12.0. The molecule has 2 heterocycles. The number of benzene rings is 1. The molecule has 6 unspecified atom stereocenters. The minimum Gasteiger partial charge on any atom is -0.508 e. The number of phenols is 1. The Hall–Kier alpha value is -2.43. The zero-order valence-electron chi connectivity index (χ0n) is 17.6. The lowest BCUT2D eigenvalue weighted by Crippen LogP contribution is -2.60. The van der Waals surface area contributed by atoms with Crippen LogP contribution in [0.25, 0.3) is 0 Å². The van der Waals surface area contributed by atoms with Crippen LogP contribution in [0, 0.1) is 17.8 Å². The van der Waals surface area contributed by atoms with Gasteiger partial charge in [-0.3, -0.25) is 24.1 Å². The van der Waals surface area contributed by atoms with E-state index in [4.69, 9.17) is 28.9 Å². The number of nitrogens with two attached hydrogens (primary N) is 1. The normalized spacial score (nSPS) is 36.9. The summed E-state index contributed by atoms with van der Waals surface area (Å²) < 4.78 is 0.578. The predicted octanol–water partition coefficient (Wildman–Crippen LogP) is 2.22. The van der Waals surface area contributed by atoms with Crippen LogP contribution in [0.1, 0.15) is 24.3 Å². The number of rotatable bonds is 1. The summed E-state index contributed by atoms with van der Waals surface area (Å²) in [5.74, 6) is -6.89. The average molecular weight is 571 g/mol. The van der Waals surface area contributed by atoms with Gasteiger partial charge >= 0.3 is 6.03 Å². The molecule has 6 atom stereocenters. The van der Waals surface area contributed by atoms with Gasteiger partial charge in [-0.2, -0.15) is 4.90 Å². The van der Waals surface area contributed by atoms with Gasteiger partial charge < -0.3 is 10.8 Å². The smallest absolute Gasteiger partial charge is 0.328 e. The molecular formula is C22H18BrCl2N3O6. The number of fused-ring (bicyclic) bond motifs is 4. The molecule has 2 aliphatic carbocycles. The van der Waals surface area contributed by atoms with E-state index < -0.39 is 63.1 Å². The van der Waals surface area contributed by atoms with Crippen LogP contribution in [0.3, 0.4) is 0 Å². The Labute approximate surface area is 211 Å². The van der Waals surface area contributed by atoms with Crippen LogP contribution in [-0.4, -0.2) is 61.4 Å². The second-order valence-electron chi connectivity index (χ2n) is 9.05. The number of alkyl halides is 2. The first-order valence-electron chi connectivity index (χ1n) is 10.4. The van der Waals surface area contributed by atoms with Crippen molar-refractivity contribution in [3.05, 3.63) is 39.9 Å². The number of nitrogens with zero attached hydrogens (tertiary/aromatic N) is 2. The van der Waals surface area contributed by atoms with Crippen molar-refractivity contribution in [2.75, 3.05) is 7.05 Å². The van der Waals surface area contributed by atoms with Gasteiger partial charge in [0.2, 0.25) is 11.8 Å². The fraction of sp³-hybridized carbons (Fsp3) is 0.409. The van der Waals surface area contributed by atoms with Crippen LogP contribution < -0.4 is 5.73 Å². The number of hydrogen-bond acceptors (Lipinski definition) is 6. The molecule has 0 spiro atoms. The van der Waals surface area contributed by atoms with Gasteiger partial charge in [-0.05, 0) is 37.0 Å². The number of urea groups is 1. The number of amides is 6. The molecule has 1 aromatic rings. The molecule has 0 aromatic heterocycles. The number of primary amides is 1. The lowest BCUT2D eigenvalue weighted by molar-refractivity contribution is -0.139. The number of likely N-dealkylation sites (tertiary alicyclic amines) is 2. The van der Waals surface area contributed by atoms with Crippen molar-refractivity contribution in [3.63, 3.8) is 0 Å². The van der Waals surface area contributed by atoms with Gasteiger partial charge in [-0.15, -0.1) is 23.2 Å². The summed E-state index contributed by atoms with van der Waals surface area (Å²) in [4.78, 5) is 61.8. The molecule has 6 amide bonds. The molecule has 4 aliphatic rings. The molecule has 2 saturated heterocycles. The van der Waals surface area contributed by atoms with E-state index in [0.717, 1.165) is 4.90 Å². The van der Waals surface area contributed by atoms with Crippen LogP contribution in [-0.2, 0) is 19.2 Å². The quantitative estimate of drug-likeness (QED) is 0.301. The Morgan fingerprint density at radius 2 is 1.82 bits per heavy atom. The first-order chi connectivity index (χ1) is 15.9. The summed E-state index contributed by atoms with van der Waals surface area (Å²) in [7, 11) is 1.27. The van der Waals surface area contributed by atoms with Crippen LogP contribution in [0.5, 0.6) is 5.75 Å². The minimum absolute atomic E-state index is 0.0936. The monoisotopic (exact) mass is 569 g/mol. The predicted molar refractivity (Wildman–Crippen MR) is 123 cm³/mol. The summed E-state index contributed by atoms with van der Waals surface area (Å²) in [6, 6.07) is 3.40. The topological polar surface area (TPSA) is 138 Å². The fourth-order valence-electron chi connectivity index (χ4n) is 6.06. The Morgan fingerprint density at radius 1 is 1.15 bits per heavy atom. The van der Waals surface area contributed by atoms with Crippen molar-refractivity contribution < 1.29 is 29.1 Å². The number of allylic oxidation sites excluding steroid dienone is 2. The summed E-state index contributed by atoms with van der Waals surface area (Å²) in [5.41, 5.74) is 6.03. The second-order valence-corrected chi connectivity index (χ2v) is 11.2. The lowest BCUT2D eigenvalue weighted by Gasteiger charge is -2.50. The van der Waals surface area contributed by atoms with Crippen LogP contribution >= 0.6 is 39.1 Å². The number of carbonyl (C=O) groups excluding carboxylic acids is 5. The van der Waals surface area contributed by atoms with Gasteiger partial charge in [0.1, 0.15) is 5.75 Å². The number of carbonyl (C=O) groups is 5. The van der Waals surface area contributed by atoms with E-state index in [1.165, 1.54) is 13.1 Å². The van der Waals surface area contributed by atoms with E-state index in [1.807, 2.05) is 0 Å². The van der Waals surface area contributed by atoms with Crippen molar-refractivity contribution in [1.29, 1.82) is 0 Å². The van der Waals surface area contributed by atoms with Crippen molar-refractivity contribution in [2.24, 2.45) is 23.5 Å². The highest BCUT2D eigenvalue weighted by atomic mass is 79.9. The minimum atomic E-state index is -2.00. The van der Waals surface area contributed by atoms with E-state index >= 15 is 0 Å². The highest BCUT2D eigenvalue weighted by Crippen LogP contribution is 2.66. The zero-order chi connectivity index (χ0) is 24.9. The molecule has 1 aromatic carbocycles. The Morgan fingerprint density at radius 3 is 2.47 bits per heavy atom. The van der Waals surface area contributed by atoms with Crippen molar-refractivity contribution in [2.45, 2.75) is 28.5 Å². The van der Waals surface area contributed by atoms with Gasteiger partial charge in [0.15, 0.2) is 9.75 Å². The summed E-state index contributed by atoms with van der Waals surface area (Å²) >= 11 is 17.3. The lowest BCUT2D eigenvalue weighted by atomic mass is 9.56. The van der Waals surface area contributed by atoms with Crippen molar-refractivity contribution in [1.82, 2.24) is 9.80 Å². The fourth-order valence-corrected chi connectivity index (χ4v) is 7.45. The Bertz CT molecular complexity index is 1250. The van der Waals surface area contributed by atoms with Crippen LogP contribution in [0.15, 0.2) is 34.3 Å². The van der Waals surface area contributed by atoms with Gasteiger partial charge in [-0.1, -0.05) is 27.6 Å². The number of aromatic hydroxyl groups is 1. The zero-order valence-corrected chi connectivity index (χ0v) is 20.7. The SMILES string of the molecule is CN1C(=O)C2(Cl)CC3C(=CCC4C(=O)N(C(N)=O)C(=O)C43)C(c3cc(Br)ccc3O)C2(Cl)C1=O. The molecule has 5 rings (SSSR count). The average Bonchev–Trinajstić information content (AvgIpc) is 3.11. The number of hydrogen-bond donors (Lipinski definition) is 2. The van der Waals surface area contributed by atoms with Gasteiger partial charge in [0, 0.05) is 23.0 Å². The van der Waals surface area contributed by atoms with Crippen LogP contribution in [0.4, 0.5) is 4.79 Å². The summed E-state index contributed by atoms with van der Waals surface area (Å²) in [5, 5.41) is 10.8. The molecule has 0 bridgehead atoms. The molecule has 0 radical (unpaired) electrons. The van der Waals surface area contributed by atoms with Crippen LogP contribution in [0.2, 0.25) is 0 Å². The number of imide groups is 4. The molecule has 3 fully saturated rings. The van der Waals surface area contributed by atoms with Gasteiger partial charge in [-0.25, -0.2) is 4.79 Å². The molecular weight excluding hydrogens is 553 g/mol. The highest BCUT2D eigenvalue weighted by Gasteiger charge is 2.76. The summed E-state index contributed by atoms with van der Waals surface area (Å²) in [6.45, 7) is 0. The molecule has 1 saturated carbocycles. The maximum atomic E-state index is 13.4.